The molecule has 0 unspecified atom stereocenters. The Hall–Kier alpha value is -1.35. The van der Waals surface area contributed by atoms with Crippen molar-refractivity contribution in [2.24, 2.45) is 0 Å². The van der Waals surface area contributed by atoms with Crippen molar-refractivity contribution in [1.29, 1.82) is 0 Å². The van der Waals surface area contributed by atoms with E-state index in [0.717, 1.165) is 24.2 Å². The first kappa shape index (κ1) is 12.1. The van der Waals surface area contributed by atoms with Gasteiger partial charge < -0.3 is 0 Å². The highest BCUT2D eigenvalue weighted by Gasteiger charge is 2.03. The van der Waals surface area contributed by atoms with E-state index < -0.39 is 0 Å². The lowest BCUT2D eigenvalue weighted by Gasteiger charge is -2.03. The van der Waals surface area contributed by atoms with Gasteiger partial charge in [-0.1, -0.05) is 11.3 Å². The van der Waals surface area contributed by atoms with Crippen molar-refractivity contribution in [1.82, 2.24) is 15.0 Å². The number of halogens is 1. The Morgan fingerprint density at radius 3 is 2.76 bits per heavy atom. The average Bonchev–Trinajstić information content (AvgIpc) is 2.79. The molecule has 0 bridgehead atoms. The maximum Gasteiger partial charge on any atom is 0.0832 e. The smallest absolute Gasteiger partial charge is 0.0832 e. The fraction of sp³-hybridized carbons (Fsp3) is 0.385. The molecular formula is C13H16ClN3. The molecule has 0 fully saturated rings. The minimum Gasteiger partial charge on any atom is -0.220 e. The average molecular weight is 250 g/mol. The molecule has 1 aromatic carbocycles. The Balaban J connectivity index is 2.21. The number of aromatic nitrogens is 3. The largest absolute Gasteiger partial charge is 0.220 e. The first-order chi connectivity index (χ1) is 8.20. The van der Waals surface area contributed by atoms with Gasteiger partial charge in [0.1, 0.15) is 0 Å². The summed E-state index contributed by atoms with van der Waals surface area (Å²) in [6, 6.07) is 6.28. The van der Waals surface area contributed by atoms with Crippen LogP contribution in [0, 0.1) is 13.8 Å². The van der Waals surface area contributed by atoms with Crippen molar-refractivity contribution in [3.8, 4) is 5.69 Å². The predicted octanol–water partition coefficient (Wildman–Crippen LogP) is 3.06. The maximum atomic E-state index is 5.66. The van der Waals surface area contributed by atoms with Crippen LogP contribution in [-0.2, 0) is 6.42 Å². The second kappa shape index (κ2) is 5.32. The summed E-state index contributed by atoms with van der Waals surface area (Å²) < 4.78 is 1.82. The SMILES string of the molecule is Cc1ccc(-n2cc(CCCCl)nn2)cc1C. The minimum atomic E-state index is 0.663. The summed E-state index contributed by atoms with van der Waals surface area (Å²) in [4.78, 5) is 0. The Morgan fingerprint density at radius 2 is 2.06 bits per heavy atom. The van der Waals surface area contributed by atoms with Crippen molar-refractivity contribution in [3.05, 3.63) is 41.2 Å². The van der Waals surface area contributed by atoms with Crippen LogP contribution in [-0.4, -0.2) is 20.9 Å². The van der Waals surface area contributed by atoms with Crippen molar-refractivity contribution < 1.29 is 0 Å². The normalized spacial score (nSPS) is 10.8. The third-order valence-electron chi connectivity index (χ3n) is 2.86. The molecule has 0 aliphatic rings. The summed E-state index contributed by atoms with van der Waals surface area (Å²) in [5, 5.41) is 8.27. The number of aryl methyl sites for hydroxylation is 3. The van der Waals surface area contributed by atoms with E-state index in [1.165, 1.54) is 11.1 Å². The summed E-state index contributed by atoms with van der Waals surface area (Å²) in [6.07, 6.45) is 3.79. The number of benzene rings is 1. The van der Waals surface area contributed by atoms with Crippen LogP contribution in [0.15, 0.2) is 24.4 Å². The van der Waals surface area contributed by atoms with E-state index >= 15 is 0 Å². The number of rotatable bonds is 4. The first-order valence-electron chi connectivity index (χ1n) is 5.75. The lowest BCUT2D eigenvalue weighted by Crippen LogP contribution is -1.96. The second-order valence-corrected chi connectivity index (χ2v) is 4.59. The molecule has 0 spiro atoms. The van der Waals surface area contributed by atoms with Crippen molar-refractivity contribution in [3.63, 3.8) is 0 Å². The van der Waals surface area contributed by atoms with E-state index in [4.69, 9.17) is 11.6 Å². The molecule has 0 N–H and O–H groups in total. The highest BCUT2D eigenvalue weighted by atomic mass is 35.5. The molecule has 0 amide bonds. The molecular weight excluding hydrogens is 234 g/mol. The van der Waals surface area contributed by atoms with Gasteiger partial charge >= 0.3 is 0 Å². The van der Waals surface area contributed by atoms with Crippen LogP contribution in [0.25, 0.3) is 5.69 Å². The monoisotopic (exact) mass is 249 g/mol. The van der Waals surface area contributed by atoms with E-state index in [0.29, 0.717) is 5.88 Å². The van der Waals surface area contributed by atoms with Crippen molar-refractivity contribution in [2.45, 2.75) is 26.7 Å². The molecule has 4 heteroatoms. The lowest BCUT2D eigenvalue weighted by molar-refractivity contribution is 0.791. The van der Waals surface area contributed by atoms with Crippen LogP contribution in [0.5, 0.6) is 0 Å². The molecule has 3 nitrogen and oxygen atoms in total. The molecule has 2 aromatic rings. The van der Waals surface area contributed by atoms with Crippen LogP contribution in [0.4, 0.5) is 0 Å². The van der Waals surface area contributed by atoms with E-state index in [9.17, 15) is 0 Å². The molecule has 0 aliphatic heterocycles. The second-order valence-electron chi connectivity index (χ2n) is 4.22. The van der Waals surface area contributed by atoms with Crippen molar-refractivity contribution >= 4 is 11.6 Å². The molecule has 1 heterocycles. The summed E-state index contributed by atoms with van der Waals surface area (Å²) >= 11 is 5.66. The molecule has 90 valence electrons. The summed E-state index contributed by atoms with van der Waals surface area (Å²) in [7, 11) is 0. The molecule has 2 rings (SSSR count). The Kier molecular flexibility index (Phi) is 3.79. The Bertz CT molecular complexity index is 505. The van der Waals surface area contributed by atoms with Gasteiger partial charge in [-0.2, -0.15) is 0 Å². The Labute approximate surface area is 106 Å². The van der Waals surface area contributed by atoms with Gasteiger partial charge in [0.2, 0.25) is 0 Å². The van der Waals surface area contributed by atoms with Crippen LogP contribution in [0.3, 0.4) is 0 Å². The van der Waals surface area contributed by atoms with Crippen molar-refractivity contribution in [2.75, 3.05) is 5.88 Å². The summed E-state index contributed by atoms with van der Waals surface area (Å²) in [6.45, 7) is 4.20. The zero-order chi connectivity index (χ0) is 12.3. The van der Waals surface area contributed by atoms with Gasteiger partial charge in [0.05, 0.1) is 17.6 Å². The predicted molar refractivity (Wildman–Crippen MR) is 69.9 cm³/mol. The quantitative estimate of drug-likeness (QED) is 0.780. The van der Waals surface area contributed by atoms with E-state index in [-0.39, 0.29) is 0 Å². The zero-order valence-corrected chi connectivity index (χ0v) is 10.9. The summed E-state index contributed by atoms with van der Waals surface area (Å²) in [5.74, 6) is 0.663. The van der Waals surface area contributed by atoms with Gasteiger partial charge in [0.25, 0.3) is 0 Å². The van der Waals surface area contributed by atoms with E-state index in [1.807, 2.05) is 10.9 Å². The highest BCUT2D eigenvalue weighted by molar-refractivity contribution is 6.17. The zero-order valence-electron chi connectivity index (χ0n) is 10.2. The van der Waals surface area contributed by atoms with Crippen LogP contribution >= 0.6 is 11.6 Å². The van der Waals surface area contributed by atoms with Gasteiger partial charge in [-0.3, -0.25) is 0 Å². The number of hydrogen-bond donors (Lipinski definition) is 0. The van der Waals surface area contributed by atoms with Crippen LogP contribution < -0.4 is 0 Å². The topological polar surface area (TPSA) is 30.7 Å². The fourth-order valence-electron chi connectivity index (χ4n) is 1.66. The lowest BCUT2D eigenvalue weighted by atomic mass is 10.1. The molecule has 0 aliphatic carbocycles. The Morgan fingerprint density at radius 1 is 1.24 bits per heavy atom. The molecule has 0 saturated heterocycles. The maximum absolute atomic E-state index is 5.66. The van der Waals surface area contributed by atoms with Crippen LogP contribution in [0.1, 0.15) is 23.2 Å². The molecule has 17 heavy (non-hydrogen) atoms. The van der Waals surface area contributed by atoms with Gasteiger partial charge in [-0.05, 0) is 49.9 Å². The van der Waals surface area contributed by atoms with Crippen LogP contribution in [0.2, 0.25) is 0 Å². The van der Waals surface area contributed by atoms with E-state index in [2.05, 4.69) is 42.4 Å². The minimum absolute atomic E-state index is 0.663. The third kappa shape index (κ3) is 2.86. The molecule has 1 aromatic heterocycles. The standard InChI is InChI=1S/C13H16ClN3/c1-10-5-6-13(8-11(10)2)17-9-12(15-16-17)4-3-7-14/h5-6,8-9H,3-4,7H2,1-2H3. The number of nitrogens with zero attached hydrogens (tertiary/aromatic N) is 3. The molecule has 0 radical (unpaired) electrons. The first-order valence-corrected chi connectivity index (χ1v) is 6.29. The van der Waals surface area contributed by atoms with Gasteiger partial charge in [0.15, 0.2) is 0 Å². The van der Waals surface area contributed by atoms with E-state index in [1.54, 1.807) is 0 Å². The molecule has 0 saturated carbocycles. The number of hydrogen-bond acceptors (Lipinski definition) is 2. The highest BCUT2D eigenvalue weighted by Crippen LogP contribution is 2.13. The molecule has 0 atom stereocenters. The van der Waals surface area contributed by atoms with Gasteiger partial charge in [-0.25, -0.2) is 4.68 Å². The third-order valence-corrected chi connectivity index (χ3v) is 3.13. The van der Waals surface area contributed by atoms with Gasteiger partial charge in [0, 0.05) is 5.88 Å². The van der Waals surface area contributed by atoms with Gasteiger partial charge in [-0.15, -0.1) is 16.7 Å². The fourth-order valence-corrected chi connectivity index (χ4v) is 1.79. The summed E-state index contributed by atoms with van der Waals surface area (Å²) in [5.41, 5.74) is 4.60. The number of alkyl halides is 1.